The maximum absolute atomic E-state index is 12.4. The second-order valence-corrected chi connectivity index (χ2v) is 8.83. The molecule has 0 saturated carbocycles. The van der Waals surface area contributed by atoms with Crippen molar-refractivity contribution in [3.63, 3.8) is 0 Å². The van der Waals surface area contributed by atoms with E-state index in [9.17, 15) is 18.3 Å². The lowest BCUT2D eigenvalue weighted by molar-refractivity contribution is -0.130. The third-order valence-electron chi connectivity index (χ3n) is 3.31. The molecular weight excluding hydrogens is 409 g/mol. The Morgan fingerprint density at radius 1 is 1.08 bits per heavy atom. The summed E-state index contributed by atoms with van der Waals surface area (Å²) < 4.78 is 24.8. The van der Waals surface area contributed by atoms with Crippen molar-refractivity contribution in [3.8, 4) is 0 Å². The van der Waals surface area contributed by atoms with Crippen LogP contribution in [0.25, 0.3) is 0 Å². The van der Waals surface area contributed by atoms with Crippen LogP contribution in [0.5, 0.6) is 0 Å². The predicted octanol–water partition coefficient (Wildman–Crippen LogP) is 3.81. The Labute approximate surface area is 160 Å². The smallest absolute Gasteiger partial charge is 0.257 e. The van der Waals surface area contributed by atoms with Gasteiger partial charge in [-0.1, -0.05) is 34.8 Å². The van der Waals surface area contributed by atoms with E-state index in [1.54, 1.807) is 0 Å². The van der Waals surface area contributed by atoms with Gasteiger partial charge in [0, 0.05) is 10.0 Å². The first-order valence-electron chi connectivity index (χ1n) is 6.98. The topological polar surface area (TPSA) is 83.5 Å². The van der Waals surface area contributed by atoms with Crippen LogP contribution in [0.3, 0.4) is 0 Å². The number of hydrogen-bond acceptors (Lipinski definition) is 4. The molecule has 1 amide bonds. The number of amides is 1. The summed E-state index contributed by atoms with van der Waals surface area (Å²) in [4.78, 5) is 12.2. The molecule has 0 radical (unpaired) electrons. The zero-order valence-electron chi connectivity index (χ0n) is 13.0. The highest BCUT2D eigenvalue weighted by Crippen LogP contribution is 2.27. The molecule has 5 nitrogen and oxygen atoms in total. The van der Waals surface area contributed by atoms with Gasteiger partial charge in [-0.25, -0.2) is 8.42 Å². The van der Waals surface area contributed by atoms with E-state index in [1.165, 1.54) is 42.5 Å². The molecule has 0 saturated heterocycles. The molecule has 2 N–H and O–H groups in total. The van der Waals surface area contributed by atoms with Crippen molar-refractivity contribution in [1.82, 2.24) is 0 Å². The summed E-state index contributed by atoms with van der Waals surface area (Å²) in [5.41, 5.74) is -1.97. The van der Waals surface area contributed by atoms with E-state index in [-0.39, 0.29) is 15.6 Å². The van der Waals surface area contributed by atoms with Crippen LogP contribution < -0.4 is 5.32 Å². The van der Waals surface area contributed by atoms with Crippen molar-refractivity contribution in [2.24, 2.45) is 0 Å². The number of sulfone groups is 1. The lowest BCUT2D eigenvalue weighted by Gasteiger charge is -2.22. The van der Waals surface area contributed by atoms with Crippen molar-refractivity contribution >= 4 is 56.2 Å². The monoisotopic (exact) mass is 421 g/mol. The van der Waals surface area contributed by atoms with E-state index in [4.69, 9.17) is 34.8 Å². The zero-order valence-corrected chi connectivity index (χ0v) is 16.0. The number of anilines is 1. The van der Waals surface area contributed by atoms with Gasteiger partial charge in [0.25, 0.3) is 5.91 Å². The Morgan fingerprint density at radius 3 is 2.20 bits per heavy atom. The number of aliphatic hydroxyl groups is 1. The van der Waals surface area contributed by atoms with Gasteiger partial charge in [-0.15, -0.1) is 0 Å². The molecule has 2 aromatic rings. The average Bonchev–Trinajstić information content (AvgIpc) is 2.49. The summed E-state index contributed by atoms with van der Waals surface area (Å²) in [5.74, 6) is -1.71. The van der Waals surface area contributed by atoms with Crippen LogP contribution in [-0.4, -0.2) is 30.8 Å². The molecule has 25 heavy (non-hydrogen) atoms. The Kier molecular flexibility index (Phi) is 6.01. The van der Waals surface area contributed by atoms with E-state index >= 15 is 0 Å². The Balaban J connectivity index is 2.19. The van der Waals surface area contributed by atoms with Crippen LogP contribution in [0, 0.1) is 0 Å². The number of hydrogen-bond donors (Lipinski definition) is 2. The molecule has 134 valence electrons. The molecule has 0 spiro atoms. The van der Waals surface area contributed by atoms with Crippen molar-refractivity contribution in [3.05, 3.63) is 57.5 Å². The van der Waals surface area contributed by atoms with Gasteiger partial charge in [0.15, 0.2) is 15.4 Å². The molecule has 1 atom stereocenters. The zero-order chi connectivity index (χ0) is 18.8. The summed E-state index contributed by atoms with van der Waals surface area (Å²) >= 11 is 17.5. The van der Waals surface area contributed by atoms with Gasteiger partial charge in [-0.2, -0.15) is 0 Å². The van der Waals surface area contributed by atoms with Crippen LogP contribution in [0.4, 0.5) is 5.69 Å². The highest BCUT2D eigenvalue weighted by molar-refractivity contribution is 7.91. The molecule has 0 aliphatic heterocycles. The largest absolute Gasteiger partial charge is 0.379 e. The van der Waals surface area contributed by atoms with Crippen LogP contribution in [0.15, 0.2) is 47.4 Å². The highest BCUT2D eigenvalue weighted by atomic mass is 35.5. The molecule has 2 aromatic carbocycles. The molecule has 0 fully saturated rings. The van der Waals surface area contributed by atoms with E-state index in [1.807, 2.05) is 0 Å². The molecule has 0 aliphatic carbocycles. The lowest BCUT2D eigenvalue weighted by Crippen LogP contribution is -2.45. The number of rotatable bonds is 5. The van der Waals surface area contributed by atoms with Crippen LogP contribution in [0.1, 0.15) is 6.92 Å². The number of halogens is 3. The first-order chi connectivity index (χ1) is 11.5. The molecule has 0 unspecified atom stereocenters. The van der Waals surface area contributed by atoms with Crippen LogP contribution in [0.2, 0.25) is 15.1 Å². The molecule has 2 rings (SSSR count). The van der Waals surface area contributed by atoms with Gasteiger partial charge < -0.3 is 10.4 Å². The van der Waals surface area contributed by atoms with E-state index < -0.39 is 27.1 Å². The quantitative estimate of drug-likeness (QED) is 0.767. The normalized spacial score (nSPS) is 14.0. The summed E-state index contributed by atoms with van der Waals surface area (Å²) in [6, 6.07) is 9.81. The summed E-state index contributed by atoms with van der Waals surface area (Å²) in [5, 5.41) is 13.7. The van der Waals surface area contributed by atoms with Gasteiger partial charge in [-0.3, -0.25) is 4.79 Å². The summed E-state index contributed by atoms with van der Waals surface area (Å²) in [6.07, 6.45) is 0. The third kappa shape index (κ3) is 5.09. The van der Waals surface area contributed by atoms with Crippen molar-refractivity contribution in [1.29, 1.82) is 0 Å². The second-order valence-electron chi connectivity index (χ2n) is 5.57. The van der Waals surface area contributed by atoms with Crippen molar-refractivity contribution in [2.45, 2.75) is 17.4 Å². The van der Waals surface area contributed by atoms with Gasteiger partial charge in [0.1, 0.15) is 0 Å². The van der Waals surface area contributed by atoms with Gasteiger partial charge in [-0.05, 0) is 49.4 Å². The molecule has 9 heteroatoms. The van der Waals surface area contributed by atoms with Gasteiger partial charge in [0.2, 0.25) is 0 Å². The van der Waals surface area contributed by atoms with Crippen molar-refractivity contribution < 1.29 is 18.3 Å². The minimum atomic E-state index is -3.91. The fourth-order valence-electron chi connectivity index (χ4n) is 2.01. The average molecular weight is 423 g/mol. The Bertz CT molecular complexity index is 896. The number of carbonyl (C=O) groups excluding carboxylic acids is 1. The number of benzene rings is 2. The van der Waals surface area contributed by atoms with E-state index in [0.29, 0.717) is 10.0 Å². The predicted molar refractivity (Wildman–Crippen MR) is 99.2 cm³/mol. The minimum absolute atomic E-state index is 0.0468. The van der Waals surface area contributed by atoms with E-state index in [2.05, 4.69) is 5.32 Å². The molecule has 0 bridgehead atoms. The fourth-order valence-corrected chi connectivity index (χ4v) is 4.18. The Morgan fingerprint density at radius 2 is 1.64 bits per heavy atom. The second kappa shape index (κ2) is 7.51. The minimum Gasteiger partial charge on any atom is -0.379 e. The fraction of sp³-hybridized carbons (Fsp3) is 0.188. The first-order valence-corrected chi connectivity index (χ1v) is 9.77. The summed E-state index contributed by atoms with van der Waals surface area (Å²) in [6.45, 7) is 1.11. The van der Waals surface area contributed by atoms with Gasteiger partial charge >= 0.3 is 0 Å². The first kappa shape index (κ1) is 20.0. The van der Waals surface area contributed by atoms with Gasteiger partial charge in [0.05, 0.1) is 21.4 Å². The maximum Gasteiger partial charge on any atom is 0.257 e. The third-order valence-corrected chi connectivity index (χ3v) is 6.04. The standard InChI is InChI=1S/C16H14Cl3NO4S/c1-16(22,9-25(23,24)12-5-2-10(17)3-6-12)15(21)20-14-7-4-11(18)8-13(14)19/h2-8,22H,9H2,1H3,(H,20,21)/t16-/m1/s1. The summed E-state index contributed by atoms with van der Waals surface area (Å²) in [7, 11) is -3.91. The maximum atomic E-state index is 12.4. The van der Waals surface area contributed by atoms with Crippen molar-refractivity contribution in [2.75, 3.05) is 11.1 Å². The Hall–Kier alpha value is -1.31. The van der Waals surface area contributed by atoms with E-state index in [0.717, 1.165) is 6.92 Å². The number of nitrogens with one attached hydrogen (secondary N) is 1. The SMILES string of the molecule is C[C@@](O)(CS(=O)(=O)c1ccc(Cl)cc1)C(=O)Nc1ccc(Cl)cc1Cl. The molecule has 0 aliphatic rings. The molecule has 0 aromatic heterocycles. The lowest BCUT2D eigenvalue weighted by atomic mass is 10.1. The number of carbonyl (C=O) groups is 1. The molecular formula is C16H14Cl3NO4S. The van der Waals surface area contributed by atoms with Crippen LogP contribution >= 0.6 is 34.8 Å². The van der Waals surface area contributed by atoms with Crippen LogP contribution in [-0.2, 0) is 14.6 Å². The molecule has 0 heterocycles. The highest BCUT2D eigenvalue weighted by Gasteiger charge is 2.37.